The van der Waals surface area contributed by atoms with E-state index in [1.807, 2.05) is 36.4 Å². The molecular weight excluding hydrogens is 488 g/mol. The number of sulfonamides is 1. The fourth-order valence-corrected chi connectivity index (χ4v) is 6.85. The Labute approximate surface area is 218 Å². The van der Waals surface area contributed by atoms with Gasteiger partial charge in [0.15, 0.2) is 5.03 Å². The Morgan fingerprint density at radius 1 is 1.03 bits per heavy atom. The monoisotopic (exact) mass is 520 g/mol. The molecule has 2 aliphatic heterocycles. The predicted molar refractivity (Wildman–Crippen MR) is 141 cm³/mol. The molecule has 2 saturated heterocycles. The topological polar surface area (TPSA) is 87.9 Å². The number of aliphatic hydroxyl groups excluding tert-OH is 1. The number of aromatic nitrogens is 2. The number of rotatable bonds is 5. The molecule has 8 nitrogen and oxygen atoms in total. The third kappa shape index (κ3) is 5.15. The van der Waals surface area contributed by atoms with Gasteiger partial charge in [-0.2, -0.15) is 4.31 Å². The van der Waals surface area contributed by atoms with Crippen LogP contribution < -0.4 is 4.74 Å². The van der Waals surface area contributed by atoms with Crippen LogP contribution in [-0.4, -0.2) is 77.7 Å². The minimum absolute atomic E-state index is 0.00725. The van der Waals surface area contributed by atoms with E-state index in [-0.39, 0.29) is 29.6 Å². The Hall–Kier alpha value is -3.16. The maximum absolute atomic E-state index is 13.4. The van der Waals surface area contributed by atoms with Crippen LogP contribution in [0.4, 0.5) is 0 Å². The second-order valence-corrected chi connectivity index (χ2v) is 11.5. The van der Waals surface area contributed by atoms with Crippen molar-refractivity contribution in [3.8, 4) is 17.6 Å². The van der Waals surface area contributed by atoms with Gasteiger partial charge in [-0.25, -0.2) is 13.4 Å². The average molecular weight is 521 g/mol. The van der Waals surface area contributed by atoms with Crippen LogP contribution in [0, 0.1) is 11.8 Å². The molecule has 5 rings (SSSR count). The molecule has 0 spiro atoms. The Kier molecular flexibility index (Phi) is 7.36. The lowest BCUT2D eigenvalue weighted by Gasteiger charge is -2.57. The summed E-state index contributed by atoms with van der Waals surface area (Å²) in [5, 5.41) is 10.3. The van der Waals surface area contributed by atoms with E-state index in [0.717, 1.165) is 41.8 Å². The van der Waals surface area contributed by atoms with Crippen molar-refractivity contribution in [1.29, 1.82) is 0 Å². The van der Waals surface area contributed by atoms with Crippen molar-refractivity contribution in [2.24, 2.45) is 7.05 Å². The lowest BCUT2D eigenvalue weighted by atomic mass is 9.74. The SMILES string of the molecule is COc1ccc(C#Cc2ccc([C@@H]3[C@H]4CN(S(=O)(=O)c5cn(C)cn5)CCCCN4[C@H]3CO)cc2)cc1. The number of aryl methyl sites for hydroxylation is 1. The third-order valence-corrected chi connectivity index (χ3v) is 9.11. The van der Waals surface area contributed by atoms with Gasteiger partial charge in [0.1, 0.15) is 5.75 Å². The van der Waals surface area contributed by atoms with Gasteiger partial charge in [-0.05, 0) is 61.3 Å². The number of hydrogen-bond acceptors (Lipinski definition) is 6. The van der Waals surface area contributed by atoms with Gasteiger partial charge in [0.25, 0.3) is 10.0 Å². The lowest BCUT2D eigenvalue weighted by Crippen LogP contribution is -2.67. The fraction of sp³-hybridized carbons (Fsp3) is 0.393. The van der Waals surface area contributed by atoms with E-state index in [2.05, 4.69) is 33.9 Å². The van der Waals surface area contributed by atoms with Crippen LogP contribution >= 0.6 is 0 Å². The molecule has 0 aliphatic carbocycles. The highest BCUT2D eigenvalue weighted by Crippen LogP contribution is 2.42. The van der Waals surface area contributed by atoms with Gasteiger partial charge in [0.2, 0.25) is 0 Å². The molecule has 0 amide bonds. The maximum atomic E-state index is 13.4. The molecule has 0 radical (unpaired) electrons. The van der Waals surface area contributed by atoms with Crippen molar-refractivity contribution in [3.63, 3.8) is 0 Å². The minimum atomic E-state index is -3.69. The van der Waals surface area contributed by atoms with E-state index in [4.69, 9.17) is 4.74 Å². The van der Waals surface area contributed by atoms with E-state index >= 15 is 0 Å². The highest BCUT2D eigenvalue weighted by Gasteiger charge is 2.50. The van der Waals surface area contributed by atoms with E-state index in [9.17, 15) is 13.5 Å². The molecule has 3 atom stereocenters. The predicted octanol–water partition coefficient (Wildman–Crippen LogP) is 2.44. The Morgan fingerprint density at radius 2 is 1.68 bits per heavy atom. The fourth-order valence-electron chi connectivity index (χ4n) is 5.39. The van der Waals surface area contributed by atoms with Crippen LogP contribution in [0.1, 0.15) is 35.4 Å². The first kappa shape index (κ1) is 25.5. The zero-order valence-corrected chi connectivity index (χ0v) is 21.9. The van der Waals surface area contributed by atoms with Crippen molar-refractivity contribution in [1.82, 2.24) is 18.8 Å². The molecule has 3 heterocycles. The molecule has 0 bridgehead atoms. The zero-order chi connectivity index (χ0) is 26.0. The summed E-state index contributed by atoms with van der Waals surface area (Å²) in [4.78, 5) is 6.37. The maximum Gasteiger partial charge on any atom is 0.262 e. The smallest absolute Gasteiger partial charge is 0.262 e. The second-order valence-electron chi connectivity index (χ2n) is 9.63. The summed E-state index contributed by atoms with van der Waals surface area (Å²) in [5.74, 6) is 7.20. The summed E-state index contributed by atoms with van der Waals surface area (Å²) in [7, 11) is -0.291. The molecule has 1 N–H and O–H groups in total. The van der Waals surface area contributed by atoms with Gasteiger partial charge >= 0.3 is 0 Å². The third-order valence-electron chi connectivity index (χ3n) is 7.35. The van der Waals surface area contributed by atoms with Crippen LogP contribution in [0.5, 0.6) is 5.75 Å². The number of nitrogens with zero attached hydrogens (tertiary/aromatic N) is 4. The molecule has 0 saturated carbocycles. The van der Waals surface area contributed by atoms with Crippen molar-refractivity contribution < 1.29 is 18.3 Å². The van der Waals surface area contributed by atoms with Crippen LogP contribution in [0.25, 0.3) is 0 Å². The number of fused-ring (bicyclic) bond motifs is 1. The number of benzene rings is 2. The first-order chi connectivity index (χ1) is 17.9. The summed E-state index contributed by atoms with van der Waals surface area (Å²) in [6.45, 7) is 1.74. The molecule has 3 aromatic rings. The van der Waals surface area contributed by atoms with E-state index in [1.165, 1.54) is 6.33 Å². The zero-order valence-electron chi connectivity index (χ0n) is 21.1. The molecule has 1 aromatic heterocycles. The van der Waals surface area contributed by atoms with Crippen molar-refractivity contribution in [2.75, 3.05) is 33.4 Å². The first-order valence-electron chi connectivity index (χ1n) is 12.5. The summed E-state index contributed by atoms with van der Waals surface area (Å²) in [6.07, 6.45) is 4.72. The molecule has 37 heavy (non-hydrogen) atoms. The first-order valence-corrected chi connectivity index (χ1v) is 14.0. The number of imidazole rings is 1. The highest BCUT2D eigenvalue weighted by molar-refractivity contribution is 7.89. The highest BCUT2D eigenvalue weighted by atomic mass is 32.2. The molecule has 2 fully saturated rings. The molecule has 2 aromatic carbocycles. The lowest BCUT2D eigenvalue weighted by molar-refractivity contribution is -0.0554. The van der Waals surface area contributed by atoms with Crippen molar-refractivity contribution in [2.45, 2.75) is 35.9 Å². The van der Waals surface area contributed by atoms with E-state index in [1.54, 1.807) is 29.2 Å². The Bertz CT molecular complexity index is 1390. The van der Waals surface area contributed by atoms with Crippen molar-refractivity contribution >= 4 is 10.0 Å². The molecule has 194 valence electrons. The second kappa shape index (κ2) is 10.7. The Morgan fingerprint density at radius 3 is 2.27 bits per heavy atom. The van der Waals surface area contributed by atoms with Gasteiger partial charge in [-0.1, -0.05) is 24.0 Å². The summed E-state index contributed by atoms with van der Waals surface area (Å²) < 4.78 is 35.1. The van der Waals surface area contributed by atoms with E-state index < -0.39 is 10.0 Å². The van der Waals surface area contributed by atoms with Gasteiger partial charge in [0, 0.05) is 55.5 Å². The Balaban J connectivity index is 1.36. The van der Waals surface area contributed by atoms with Gasteiger partial charge in [-0.3, -0.25) is 4.90 Å². The van der Waals surface area contributed by atoms with Gasteiger partial charge < -0.3 is 14.4 Å². The summed E-state index contributed by atoms with van der Waals surface area (Å²) >= 11 is 0. The average Bonchev–Trinajstić information content (AvgIpc) is 3.34. The van der Waals surface area contributed by atoms with Gasteiger partial charge in [-0.15, -0.1) is 0 Å². The quantitative estimate of drug-likeness (QED) is 0.520. The van der Waals surface area contributed by atoms with Crippen LogP contribution in [-0.2, 0) is 17.1 Å². The molecule has 2 aliphatic rings. The minimum Gasteiger partial charge on any atom is -0.497 e. The summed E-state index contributed by atoms with van der Waals surface area (Å²) in [5.41, 5.74) is 2.89. The molecular formula is C28H32N4O4S. The number of aliphatic hydroxyl groups is 1. The number of hydrogen-bond donors (Lipinski definition) is 1. The van der Waals surface area contributed by atoms with Gasteiger partial charge in [0.05, 0.1) is 20.0 Å². The standard InChI is InChI=1S/C28H32N4O4S/c1-30-18-27(29-20-30)37(34,35)31-15-3-4-16-32-25(17-31)28(26(32)19-33)23-11-7-21(8-12-23)5-6-22-9-13-24(36-2)14-10-22/h7-14,18,20,25-26,28,33H,3-4,15-17,19H2,1-2H3/t25-,26+,28-/m1/s1. The van der Waals surface area contributed by atoms with E-state index in [0.29, 0.717) is 13.1 Å². The number of ether oxygens (including phenoxy) is 1. The largest absolute Gasteiger partial charge is 0.497 e. The van der Waals surface area contributed by atoms with Crippen molar-refractivity contribution in [3.05, 3.63) is 77.7 Å². The molecule has 0 unspecified atom stereocenters. The van der Waals surface area contributed by atoms with Crippen LogP contribution in [0.2, 0.25) is 0 Å². The number of methoxy groups -OCH3 is 1. The molecule has 9 heteroatoms. The normalized spacial score (nSPS) is 22.6. The van der Waals surface area contributed by atoms with Crippen LogP contribution in [0.3, 0.4) is 0 Å². The summed E-state index contributed by atoms with van der Waals surface area (Å²) in [6, 6.07) is 15.7. The van der Waals surface area contributed by atoms with Crippen LogP contribution in [0.15, 0.2) is 66.1 Å².